The van der Waals surface area contributed by atoms with Crippen LogP contribution in [0.1, 0.15) is 34.6 Å². The highest BCUT2D eigenvalue weighted by atomic mass is 16.5. The van der Waals surface area contributed by atoms with Gasteiger partial charge in [-0.2, -0.15) is 0 Å². The molecule has 4 aromatic rings. The number of carbonyl (C=O) groups excluding carboxylic acids is 3. The van der Waals surface area contributed by atoms with Crippen molar-refractivity contribution in [2.45, 2.75) is 13.8 Å². The van der Waals surface area contributed by atoms with Gasteiger partial charge in [-0.3, -0.25) is 14.4 Å². The van der Waals surface area contributed by atoms with Crippen LogP contribution in [-0.2, 0) is 4.79 Å². The second-order valence-electron chi connectivity index (χ2n) is 7.17. The van der Waals surface area contributed by atoms with Gasteiger partial charge >= 0.3 is 0 Å². The molecule has 0 aromatic heterocycles. The summed E-state index contributed by atoms with van der Waals surface area (Å²) in [7, 11) is 0. The third-order valence-corrected chi connectivity index (χ3v) is 5.27. The summed E-state index contributed by atoms with van der Waals surface area (Å²) in [5, 5.41) is 2.57. The largest absolute Gasteiger partial charge is 0.493 e. The average Bonchev–Trinajstić information content (AvgIpc) is 2.83. The molecular weight excluding hydrogens is 404 g/mol. The van der Waals surface area contributed by atoms with Gasteiger partial charge in [0.15, 0.2) is 0 Å². The molecular formula is C27H22O5. The van der Waals surface area contributed by atoms with Gasteiger partial charge in [-0.05, 0) is 48.9 Å². The molecule has 0 N–H and O–H groups in total. The summed E-state index contributed by atoms with van der Waals surface area (Å²) in [4.78, 5) is 39.2. The lowest BCUT2D eigenvalue weighted by atomic mass is 9.93. The Morgan fingerprint density at radius 3 is 1.31 bits per heavy atom. The van der Waals surface area contributed by atoms with E-state index in [0.29, 0.717) is 46.3 Å². The Balaban J connectivity index is 1.75. The lowest BCUT2D eigenvalue weighted by molar-refractivity contribution is -0.111. The number of hydrogen-bond acceptors (Lipinski definition) is 5. The van der Waals surface area contributed by atoms with E-state index in [9.17, 15) is 14.4 Å². The van der Waals surface area contributed by atoms with Crippen LogP contribution in [0.2, 0.25) is 0 Å². The van der Waals surface area contributed by atoms with Gasteiger partial charge in [-0.15, -0.1) is 0 Å². The summed E-state index contributed by atoms with van der Waals surface area (Å²) in [5.41, 5.74) is 0.357. The second kappa shape index (κ2) is 9.02. The Bertz CT molecular complexity index is 1250. The van der Waals surface area contributed by atoms with Crippen LogP contribution in [0.15, 0.2) is 72.8 Å². The van der Waals surface area contributed by atoms with E-state index in [1.165, 1.54) is 12.1 Å². The fourth-order valence-electron chi connectivity index (χ4n) is 3.85. The maximum atomic E-state index is 13.1. The van der Waals surface area contributed by atoms with Crippen molar-refractivity contribution in [2.24, 2.45) is 0 Å². The molecule has 5 nitrogen and oxygen atoms in total. The molecule has 0 bridgehead atoms. The van der Waals surface area contributed by atoms with Crippen LogP contribution in [0.5, 0.6) is 11.5 Å². The number of rotatable bonds is 8. The van der Waals surface area contributed by atoms with Gasteiger partial charge in [0, 0.05) is 21.9 Å². The summed E-state index contributed by atoms with van der Waals surface area (Å²) < 4.78 is 11.3. The van der Waals surface area contributed by atoms with E-state index in [0.717, 1.165) is 0 Å². The minimum absolute atomic E-state index is 0.178. The fourth-order valence-corrected chi connectivity index (χ4v) is 3.85. The van der Waals surface area contributed by atoms with E-state index >= 15 is 0 Å². The zero-order valence-corrected chi connectivity index (χ0v) is 17.9. The molecule has 0 amide bonds. The zero-order chi connectivity index (χ0) is 22.7. The number of fused-ring (bicyclic) bond motifs is 2. The summed E-state index contributed by atoms with van der Waals surface area (Å²) in [6.07, 6.45) is 0. The highest BCUT2D eigenvalue weighted by Gasteiger charge is 2.28. The Morgan fingerprint density at radius 2 is 0.938 bits per heavy atom. The summed E-state index contributed by atoms with van der Waals surface area (Å²) in [6.45, 7) is 4.69. The molecule has 0 fully saturated rings. The van der Waals surface area contributed by atoms with E-state index in [-0.39, 0.29) is 11.1 Å². The molecule has 0 aliphatic heterocycles. The van der Waals surface area contributed by atoms with Crippen LogP contribution in [0.3, 0.4) is 0 Å². The smallest absolute Gasteiger partial charge is 0.273 e. The molecule has 0 atom stereocenters. The number of ketones is 3. The van der Waals surface area contributed by atoms with Gasteiger partial charge in [0.2, 0.25) is 11.6 Å². The number of ether oxygens (including phenoxy) is 2. The first-order valence-corrected chi connectivity index (χ1v) is 10.5. The van der Waals surface area contributed by atoms with Crippen LogP contribution in [0.4, 0.5) is 0 Å². The van der Waals surface area contributed by atoms with Crippen molar-refractivity contribution in [1.29, 1.82) is 0 Å². The van der Waals surface area contributed by atoms with Crippen molar-refractivity contribution in [3.63, 3.8) is 0 Å². The maximum absolute atomic E-state index is 13.1. The molecule has 32 heavy (non-hydrogen) atoms. The Kier molecular flexibility index (Phi) is 5.99. The summed E-state index contributed by atoms with van der Waals surface area (Å²) in [6, 6.07) is 20.7. The van der Waals surface area contributed by atoms with Crippen LogP contribution in [0, 0.1) is 0 Å². The quantitative estimate of drug-likeness (QED) is 0.214. The first-order chi connectivity index (χ1) is 15.6. The van der Waals surface area contributed by atoms with E-state index in [4.69, 9.17) is 9.47 Å². The molecule has 4 rings (SSSR count). The molecule has 160 valence electrons. The minimum atomic E-state index is -1.08. The molecule has 0 spiro atoms. The van der Waals surface area contributed by atoms with Crippen LogP contribution < -0.4 is 9.47 Å². The van der Waals surface area contributed by atoms with E-state index in [1.807, 2.05) is 38.1 Å². The monoisotopic (exact) mass is 426 g/mol. The van der Waals surface area contributed by atoms with E-state index in [1.54, 1.807) is 36.4 Å². The second-order valence-corrected chi connectivity index (χ2v) is 7.17. The first kappa shape index (κ1) is 21.2. The highest BCUT2D eigenvalue weighted by molar-refractivity contribution is 6.71. The minimum Gasteiger partial charge on any atom is -0.493 e. The van der Waals surface area contributed by atoms with Crippen LogP contribution >= 0.6 is 0 Å². The first-order valence-electron chi connectivity index (χ1n) is 10.5. The van der Waals surface area contributed by atoms with Gasteiger partial charge in [-0.25, -0.2) is 0 Å². The zero-order valence-electron chi connectivity index (χ0n) is 17.9. The van der Waals surface area contributed by atoms with Gasteiger partial charge in [0.25, 0.3) is 5.78 Å². The number of benzene rings is 4. The standard InChI is InChI=1S/C27H22O5/c1-3-31-23-15-13-21(17-9-5-7-11-19(17)23)25(28)27(30)26(29)22-14-16-24(32-4-2)20-12-8-6-10-18(20)22/h5-16H,3-4H2,1-2H3. The van der Waals surface area contributed by atoms with E-state index < -0.39 is 17.3 Å². The molecule has 4 aromatic carbocycles. The predicted molar refractivity (Wildman–Crippen MR) is 124 cm³/mol. The molecule has 0 unspecified atom stereocenters. The molecule has 0 radical (unpaired) electrons. The molecule has 0 heterocycles. The molecule has 0 saturated heterocycles. The topological polar surface area (TPSA) is 69.7 Å². The fraction of sp³-hybridized carbons (Fsp3) is 0.148. The average molecular weight is 426 g/mol. The lowest BCUT2D eigenvalue weighted by Crippen LogP contribution is -2.24. The normalized spacial score (nSPS) is 10.8. The number of hydrogen-bond donors (Lipinski definition) is 0. The summed E-state index contributed by atoms with van der Waals surface area (Å²) >= 11 is 0. The van der Waals surface area contributed by atoms with Crippen molar-refractivity contribution in [3.05, 3.63) is 83.9 Å². The molecule has 0 aliphatic rings. The van der Waals surface area contributed by atoms with E-state index in [2.05, 4.69) is 0 Å². The van der Waals surface area contributed by atoms with Crippen molar-refractivity contribution >= 4 is 38.9 Å². The number of carbonyl (C=O) groups is 3. The van der Waals surface area contributed by atoms with Crippen LogP contribution in [0.25, 0.3) is 21.5 Å². The molecule has 0 saturated carbocycles. The molecule has 0 aliphatic carbocycles. The van der Waals surface area contributed by atoms with Gasteiger partial charge in [-0.1, -0.05) is 48.5 Å². The third-order valence-electron chi connectivity index (χ3n) is 5.27. The Morgan fingerprint density at radius 1 is 0.562 bits per heavy atom. The molecule has 5 heteroatoms. The Hall–Kier alpha value is -3.99. The number of Topliss-reactive ketones (excluding diaryl/α,β-unsaturated/α-hetero) is 3. The Labute approximate surface area is 185 Å². The van der Waals surface area contributed by atoms with Crippen molar-refractivity contribution in [1.82, 2.24) is 0 Å². The van der Waals surface area contributed by atoms with Crippen molar-refractivity contribution < 1.29 is 23.9 Å². The van der Waals surface area contributed by atoms with Crippen molar-refractivity contribution in [2.75, 3.05) is 13.2 Å². The lowest BCUT2D eigenvalue weighted by Gasteiger charge is -2.12. The SMILES string of the molecule is CCOc1ccc(C(=O)C(=O)C(=O)c2ccc(OCC)c3ccccc23)c2ccccc12. The third kappa shape index (κ3) is 3.73. The highest BCUT2D eigenvalue weighted by Crippen LogP contribution is 2.31. The maximum Gasteiger partial charge on any atom is 0.273 e. The van der Waals surface area contributed by atoms with Gasteiger partial charge in [0.05, 0.1) is 13.2 Å². The van der Waals surface area contributed by atoms with Gasteiger partial charge in [0.1, 0.15) is 11.5 Å². The van der Waals surface area contributed by atoms with Gasteiger partial charge < -0.3 is 9.47 Å². The predicted octanol–water partition coefficient (Wildman–Crippen LogP) is 5.43. The van der Waals surface area contributed by atoms with Crippen LogP contribution in [-0.4, -0.2) is 30.6 Å². The summed E-state index contributed by atoms with van der Waals surface area (Å²) in [5.74, 6) is -1.51. The van der Waals surface area contributed by atoms with Crippen molar-refractivity contribution in [3.8, 4) is 11.5 Å².